The average molecular weight is 238 g/mol. The molecule has 98 valence electrons. The topological polar surface area (TPSA) is 15.7 Å². The summed E-state index contributed by atoms with van der Waals surface area (Å²) in [6.07, 6.45) is 5.59. The summed E-state index contributed by atoms with van der Waals surface area (Å²) < 4.78 is 5.38. The molecule has 0 bridgehead atoms. The van der Waals surface area contributed by atoms with Gasteiger partial charge in [0.05, 0.1) is 6.61 Å². The molecule has 1 spiro atoms. The van der Waals surface area contributed by atoms with Gasteiger partial charge < -0.3 is 14.5 Å². The molecule has 2 aliphatic heterocycles. The fraction of sp³-hybridized carbons (Fsp3) is 1.00. The average Bonchev–Trinajstić information content (AvgIpc) is 2.78. The van der Waals surface area contributed by atoms with E-state index in [0.717, 1.165) is 6.61 Å². The Morgan fingerprint density at radius 1 is 1.06 bits per heavy atom. The minimum absolute atomic E-state index is 0.533. The molecule has 1 atom stereocenters. The lowest BCUT2D eigenvalue weighted by Crippen LogP contribution is -2.34. The summed E-state index contributed by atoms with van der Waals surface area (Å²) >= 11 is 0. The lowest BCUT2D eigenvalue weighted by molar-refractivity contribution is 0.111. The molecule has 0 aromatic heterocycles. The van der Waals surface area contributed by atoms with Crippen molar-refractivity contribution >= 4 is 0 Å². The summed E-state index contributed by atoms with van der Waals surface area (Å²) in [6, 6.07) is 0. The quantitative estimate of drug-likeness (QED) is 0.737. The molecule has 1 unspecified atom stereocenters. The number of rotatable bonds is 4. The molecule has 1 aliphatic carbocycles. The first kappa shape index (κ1) is 11.9. The molecule has 0 N–H and O–H groups in total. The monoisotopic (exact) mass is 238 g/mol. The van der Waals surface area contributed by atoms with Gasteiger partial charge in [-0.2, -0.15) is 0 Å². The third-order valence-electron chi connectivity index (χ3n) is 5.11. The Hall–Kier alpha value is -0.120. The van der Waals surface area contributed by atoms with Crippen molar-refractivity contribution in [3.05, 3.63) is 0 Å². The number of ether oxygens (including phenoxy) is 1. The van der Waals surface area contributed by atoms with E-state index in [1.54, 1.807) is 0 Å². The van der Waals surface area contributed by atoms with Gasteiger partial charge in [-0.1, -0.05) is 0 Å². The van der Waals surface area contributed by atoms with E-state index in [4.69, 9.17) is 4.74 Å². The number of hydrogen-bond acceptors (Lipinski definition) is 3. The molecule has 2 saturated heterocycles. The first-order valence-corrected chi connectivity index (χ1v) is 7.05. The summed E-state index contributed by atoms with van der Waals surface area (Å²) in [5.74, 6) is 0. The van der Waals surface area contributed by atoms with Gasteiger partial charge in [0.15, 0.2) is 0 Å². The summed E-state index contributed by atoms with van der Waals surface area (Å²) in [6.45, 7) is 7.53. The summed E-state index contributed by atoms with van der Waals surface area (Å²) in [5.41, 5.74) is 1.17. The van der Waals surface area contributed by atoms with E-state index in [2.05, 4.69) is 16.8 Å². The summed E-state index contributed by atoms with van der Waals surface area (Å²) in [7, 11) is 4.11. The van der Waals surface area contributed by atoms with Crippen LogP contribution in [0.1, 0.15) is 25.7 Å². The molecule has 0 radical (unpaired) electrons. The molecule has 0 amide bonds. The molecule has 3 fully saturated rings. The number of hydrogen-bond donors (Lipinski definition) is 0. The number of methoxy groups -OCH3 is 1. The molecule has 3 rings (SSSR count). The highest BCUT2D eigenvalue weighted by Gasteiger charge is 2.48. The maximum absolute atomic E-state index is 5.38. The Bertz CT molecular complexity index is 290. The lowest BCUT2D eigenvalue weighted by Gasteiger charge is -2.26. The van der Waals surface area contributed by atoms with Crippen LogP contribution in [0.4, 0.5) is 0 Å². The number of likely N-dealkylation sites (tertiary alicyclic amines) is 2. The van der Waals surface area contributed by atoms with E-state index in [0.29, 0.717) is 10.8 Å². The Kier molecular flexibility index (Phi) is 2.96. The van der Waals surface area contributed by atoms with Crippen molar-refractivity contribution in [2.45, 2.75) is 25.7 Å². The van der Waals surface area contributed by atoms with Crippen molar-refractivity contribution in [1.29, 1.82) is 0 Å². The van der Waals surface area contributed by atoms with Gasteiger partial charge in [0.2, 0.25) is 0 Å². The summed E-state index contributed by atoms with van der Waals surface area (Å²) in [4.78, 5) is 5.22. The maximum atomic E-state index is 5.38. The minimum atomic E-state index is 0.533. The third kappa shape index (κ3) is 2.38. The molecule has 3 heteroatoms. The zero-order chi connectivity index (χ0) is 11.9. The Labute approximate surface area is 105 Å². The third-order valence-corrected chi connectivity index (χ3v) is 5.11. The lowest BCUT2D eigenvalue weighted by atomic mass is 9.86. The smallest absolute Gasteiger partial charge is 0.0530 e. The highest BCUT2D eigenvalue weighted by atomic mass is 16.5. The predicted octanol–water partition coefficient (Wildman–Crippen LogP) is 1.44. The van der Waals surface area contributed by atoms with Crippen molar-refractivity contribution in [2.75, 3.05) is 53.5 Å². The maximum Gasteiger partial charge on any atom is 0.0530 e. The van der Waals surface area contributed by atoms with Crippen molar-refractivity contribution < 1.29 is 4.74 Å². The second-order valence-electron chi connectivity index (χ2n) is 6.88. The van der Waals surface area contributed by atoms with Gasteiger partial charge >= 0.3 is 0 Å². The van der Waals surface area contributed by atoms with Crippen LogP contribution in [-0.4, -0.2) is 63.3 Å². The fourth-order valence-electron chi connectivity index (χ4n) is 3.96. The first-order chi connectivity index (χ1) is 8.15. The van der Waals surface area contributed by atoms with Gasteiger partial charge in [-0.05, 0) is 51.2 Å². The van der Waals surface area contributed by atoms with E-state index < -0.39 is 0 Å². The standard InChI is InChI=1S/C14H26N2O/c1-15-7-5-13(9-15)6-8-16(10-13)11-14(3-4-14)12-17-2/h3-12H2,1-2H3. The fourth-order valence-corrected chi connectivity index (χ4v) is 3.96. The van der Waals surface area contributed by atoms with Crippen molar-refractivity contribution in [3.8, 4) is 0 Å². The molecule has 0 aromatic carbocycles. The Balaban J connectivity index is 1.54. The van der Waals surface area contributed by atoms with Crippen LogP contribution in [0.5, 0.6) is 0 Å². The van der Waals surface area contributed by atoms with Crippen molar-refractivity contribution in [2.24, 2.45) is 10.8 Å². The van der Waals surface area contributed by atoms with Crippen LogP contribution in [0.25, 0.3) is 0 Å². The molecule has 2 heterocycles. The minimum Gasteiger partial charge on any atom is -0.384 e. The molecule has 17 heavy (non-hydrogen) atoms. The van der Waals surface area contributed by atoms with Crippen molar-refractivity contribution in [3.63, 3.8) is 0 Å². The van der Waals surface area contributed by atoms with E-state index in [9.17, 15) is 0 Å². The Morgan fingerprint density at radius 2 is 1.82 bits per heavy atom. The zero-order valence-corrected chi connectivity index (χ0v) is 11.4. The van der Waals surface area contributed by atoms with Gasteiger partial charge in [-0.15, -0.1) is 0 Å². The number of nitrogens with zero attached hydrogens (tertiary/aromatic N) is 2. The molecule has 3 aliphatic rings. The molecule has 0 aromatic rings. The van der Waals surface area contributed by atoms with Crippen LogP contribution in [-0.2, 0) is 4.74 Å². The van der Waals surface area contributed by atoms with Crippen molar-refractivity contribution in [1.82, 2.24) is 9.80 Å². The second-order valence-corrected chi connectivity index (χ2v) is 6.88. The van der Waals surface area contributed by atoms with Gasteiger partial charge in [-0.25, -0.2) is 0 Å². The van der Waals surface area contributed by atoms with Gasteiger partial charge in [0, 0.05) is 32.2 Å². The Morgan fingerprint density at radius 3 is 2.41 bits per heavy atom. The molecular weight excluding hydrogens is 212 g/mol. The van der Waals surface area contributed by atoms with Crippen LogP contribution in [0.3, 0.4) is 0 Å². The van der Waals surface area contributed by atoms with Gasteiger partial charge in [0.25, 0.3) is 0 Å². The normalized spacial score (nSPS) is 37.1. The zero-order valence-electron chi connectivity index (χ0n) is 11.4. The van der Waals surface area contributed by atoms with E-state index in [-0.39, 0.29) is 0 Å². The van der Waals surface area contributed by atoms with Crippen LogP contribution < -0.4 is 0 Å². The molecular formula is C14H26N2O. The highest BCUT2D eigenvalue weighted by Crippen LogP contribution is 2.48. The van der Waals surface area contributed by atoms with E-state index >= 15 is 0 Å². The van der Waals surface area contributed by atoms with Crippen LogP contribution in [0.2, 0.25) is 0 Å². The molecule has 1 saturated carbocycles. The second kappa shape index (κ2) is 4.22. The summed E-state index contributed by atoms with van der Waals surface area (Å²) in [5, 5.41) is 0. The SMILES string of the molecule is COCC1(CN2CCC3(CCN(C)C3)C2)CC1. The van der Waals surface area contributed by atoms with Gasteiger partial charge in [0.1, 0.15) is 0 Å². The predicted molar refractivity (Wildman–Crippen MR) is 69.1 cm³/mol. The van der Waals surface area contributed by atoms with Crippen LogP contribution in [0.15, 0.2) is 0 Å². The van der Waals surface area contributed by atoms with E-state index in [1.807, 2.05) is 7.11 Å². The van der Waals surface area contributed by atoms with Crippen LogP contribution >= 0.6 is 0 Å². The van der Waals surface area contributed by atoms with E-state index in [1.165, 1.54) is 58.4 Å². The molecule has 3 nitrogen and oxygen atoms in total. The highest BCUT2D eigenvalue weighted by molar-refractivity contribution is 5.01. The first-order valence-electron chi connectivity index (χ1n) is 7.05. The largest absolute Gasteiger partial charge is 0.384 e. The van der Waals surface area contributed by atoms with Gasteiger partial charge in [-0.3, -0.25) is 0 Å². The van der Waals surface area contributed by atoms with Crippen LogP contribution in [0, 0.1) is 10.8 Å².